The van der Waals surface area contributed by atoms with Crippen LogP contribution in [0.2, 0.25) is 0 Å². The van der Waals surface area contributed by atoms with Gasteiger partial charge < -0.3 is 18.5 Å². The number of imidazole rings is 2. The minimum absolute atomic E-state index is 0. The predicted octanol–water partition coefficient (Wildman–Crippen LogP) is 13.8. The molecule has 0 spiro atoms. The van der Waals surface area contributed by atoms with E-state index in [0.29, 0.717) is 39.7 Å². The Morgan fingerprint density at radius 1 is 0.726 bits per heavy atom. The van der Waals surface area contributed by atoms with Crippen molar-refractivity contribution in [3.63, 3.8) is 0 Å². The topological polar surface area (TPSA) is 70.4 Å². The molecule has 5 heterocycles. The van der Waals surface area contributed by atoms with Gasteiger partial charge in [0.15, 0.2) is 0 Å². The fraction of sp³-hybridized carbons (Fsp3) is 0.352. The summed E-state index contributed by atoms with van der Waals surface area (Å²) in [5.74, 6) is 3.65. The van der Waals surface area contributed by atoms with Gasteiger partial charge in [0.1, 0.15) is 11.4 Å². The van der Waals surface area contributed by atoms with E-state index < -0.39 is 0 Å². The summed E-state index contributed by atoms with van der Waals surface area (Å²) < 4.78 is 17.7. The van der Waals surface area contributed by atoms with Gasteiger partial charge in [-0.05, 0) is 130 Å². The van der Waals surface area contributed by atoms with Gasteiger partial charge in [0.2, 0.25) is 5.78 Å². The van der Waals surface area contributed by atoms with Crippen molar-refractivity contribution in [3.8, 4) is 28.6 Å². The first-order chi connectivity index (χ1) is 29.0. The van der Waals surface area contributed by atoms with E-state index in [1.54, 1.807) is 0 Å². The summed E-state index contributed by atoms with van der Waals surface area (Å²) in [5.41, 5.74) is 12.5. The second-order valence-corrected chi connectivity index (χ2v) is 20.9. The molecule has 1 saturated carbocycles. The van der Waals surface area contributed by atoms with Crippen LogP contribution in [-0.2, 0) is 31.9 Å². The Morgan fingerprint density at radius 3 is 2.23 bits per heavy atom. The molecule has 62 heavy (non-hydrogen) atoms. The zero-order valence-corrected chi connectivity index (χ0v) is 39.6. The summed E-state index contributed by atoms with van der Waals surface area (Å²) in [5, 5.41) is 1.98. The molecule has 9 aromatic rings. The average molecular weight is 999 g/mol. The molecule has 4 aromatic carbocycles. The van der Waals surface area contributed by atoms with E-state index in [-0.39, 0.29) is 31.9 Å². The smallest absolute Gasteiger partial charge is 0.499 e. The Bertz CT molecular complexity index is 3260. The van der Waals surface area contributed by atoms with Crippen molar-refractivity contribution >= 4 is 49.8 Å². The molecule has 1 fully saturated rings. The van der Waals surface area contributed by atoms with Crippen LogP contribution >= 0.6 is 0 Å². The summed E-state index contributed by atoms with van der Waals surface area (Å²) in [7, 11) is 0. The van der Waals surface area contributed by atoms with Gasteiger partial charge in [-0.2, -0.15) is 0 Å². The van der Waals surface area contributed by atoms with E-state index in [4.69, 9.17) is 24.1 Å². The van der Waals surface area contributed by atoms with Crippen LogP contribution in [0.15, 0.2) is 95.7 Å². The number of para-hydroxylation sites is 3. The van der Waals surface area contributed by atoms with E-state index in [2.05, 4.69) is 139 Å². The number of fused-ring (bicyclic) bond motifs is 9. The van der Waals surface area contributed by atoms with Gasteiger partial charge in [-0.1, -0.05) is 103 Å². The Kier molecular flexibility index (Phi) is 9.12. The molecular weight excluding hydrogens is 946 g/mol. The number of nitrogens with zero attached hydrogens (tertiary/aromatic N) is 5. The van der Waals surface area contributed by atoms with Crippen molar-refractivity contribution in [2.45, 2.75) is 99.3 Å². The van der Waals surface area contributed by atoms with E-state index in [1.165, 1.54) is 30.4 Å². The molecule has 7 nitrogen and oxygen atoms in total. The van der Waals surface area contributed by atoms with E-state index in [1.807, 2.05) is 42.6 Å². The second-order valence-electron chi connectivity index (χ2n) is 20.9. The third-order valence-corrected chi connectivity index (χ3v) is 14.4. The number of furan rings is 1. The maximum atomic E-state index is 6.89. The van der Waals surface area contributed by atoms with Crippen molar-refractivity contribution in [1.29, 1.82) is 0 Å². The molecule has 2 aliphatic carbocycles. The molecule has 5 aromatic heterocycles. The first kappa shape index (κ1) is 40.8. The number of benzene rings is 4. The molecule has 0 radical (unpaired) electrons. The number of rotatable bonds is 5. The summed E-state index contributed by atoms with van der Waals surface area (Å²) in [6.07, 6.45) is 7.84. The molecule has 1 unspecified atom stereocenters. The van der Waals surface area contributed by atoms with Crippen molar-refractivity contribution in [3.05, 3.63) is 126 Å². The molecular formula is C54H53N5O2Pt. The van der Waals surface area contributed by atoms with Gasteiger partial charge in [-0.15, -0.1) is 29.8 Å². The van der Waals surface area contributed by atoms with Crippen LogP contribution in [0.1, 0.15) is 96.9 Å². The predicted molar refractivity (Wildman–Crippen MR) is 246 cm³/mol. The largest absolute Gasteiger partial charge is 2.00 e. The Labute approximate surface area is 378 Å². The van der Waals surface area contributed by atoms with Crippen molar-refractivity contribution < 1.29 is 30.2 Å². The quantitative estimate of drug-likeness (QED) is 0.161. The maximum Gasteiger partial charge on any atom is 2.00 e. The van der Waals surface area contributed by atoms with Crippen LogP contribution in [0.5, 0.6) is 11.5 Å². The molecule has 0 amide bonds. The Hall–Kier alpha value is -5.26. The first-order valence-electron chi connectivity index (χ1n) is 21.8. The van der Waals surface area contributed by atoms with Gasteiger partial charge >= 0.3 is 21.1 Å². The molecule has 0 bridgehead atoms. The molecule has 0 saturated heterocycles. The van der Waals surface area contributed by atoms with Crippen LogP contribution in [0.25, 0.3) is 66.9 Å². The number of aryl methyl sites for hydroxylation is 2. The summed E-state index contributed by atoms with van der Waals surface area (Å²) >= 11 is 0. The minimum atomic E-state index is -0.0499. The third-order valence-electron chi connectivity index (χ3n) is 14.4. The van der Waals surface area contributed by atoms with Gasteiger partial charge in [0.05, 0.1) is 22.4 Å². The fourth-order valence-corrected chi connectivity index (χ4v) is 12.6. The van der Waals surface area contributed by atoms with E-state index >= 15 is 0 Å². The van der Waals surface area contributed by atoms with Crippen molar-refractivity contribution in [2.24, 2.45) is 22.7 Å². The average Bonchev–Trinajstić information content (AvgIpc) is 3.89. The minimum Gasteiger partial charge on any atom is -0.499 e. The van der Waals surface area contributed by atoms with Crippen molar-refractivity contribution in [1.82, 2.24) is 23.9 Å². The van der Waals surface area contributed by atoms with Crippen molar-refractivity contribution in [2.75, 3.05) is 0 Å². The van der Waals surface area contributed by atoms with Crippen LogP contribution in [0.4, 0.5) is 0 Å². The zero-order chi connectivity index (χ0) is 42.4. The normalized spacial score (nSPS) is 19.1. The summed E-state index contributed by atoms with van der Waals surface area (Å²) in [4.78, 5) is 15.2. The molecule has 316 valence electrons. The third kappa shape index (κ3) is 6.19. The van der Waals surface area contributed by atoms with Gasteiger partial charge in [0, 0.05) is 23.5 Å². The van der Waals surface area contributed by atoms with E-state index in [0.717, 1.165) is 72.4 Å². The van der Waals surface area contributed by atoms with Gasteiger partial charge in [-0.3, -0.25) is 4.57 Å². The number of aromatic nitrogens is 5. The number of hydrogen-bond acceptors (Lipinski definition) is 5. The molecule has 11 rings (SSSR count). The number of pyridine rings is 2. The molecule has 8 heteroatoms. The number of hydrogen-bond donors (Lipinski definition) is 0. The first-order valence-corrected chi connectivity index (χ1v) is 21.8. The van der Waals surface area contributed by atoms with Crippen LogP contribution in [0.3, 0.4) is 0 Å². The SMILES string of the molecule is Cc1cnc(-n2c3[c-]c(Oc4[c-]c(-c5cc6c(cn5)C(C)(C)C(C5CC(C)(C)CC(C)(C)C5)C6(C)C)cc5c4oc4ccccc45)ccc3n3c4ccccc4nc23)cc1C.[Pt+2]. The molecule has 0 aliphatic heterocycles. The van der Waals surface area contributed by atoms with Gasteiger partial charge in [-0.25, -0.2) is 9.97 Å². The monoisotopic (exact) mass is 998 g/mol. The van der Waals surface area contributed by atoms with Crippen LogP contribution in [-0.4, -0.2) is 23.9 Å². The van der Waals surface area contributed by atoms with Gasteiger partial charge in [0.25, 0.3) is 0 Å². The fourth-order valence-electron chi connectivity index (χ4n) is 12.6. The second kappa shape index (κ2) is 13.9. The van der Waals surface area contributed by atoms with Crippen LogP contribution < -0.4 is 4.74 Å². The molecule has 0 N–H and O–H groups in total. The molecule has 1 atom stereocenters. The number of ether oxygens (including phenoxy) is 1. The molecule has 2 aliphatic rings. The maximum absolute atomic E-state index is 6.89. The zero-order valence-electron chi connectivity index (χ0n) is 37.3. The summed E-state index contributed by atoms with van der Waals surface area (Å²) in [6.45, 7) is 24.0. The van der Waals surface area contributed by atoms with Crippen LogP contribution in [0, 0.1) is 48.6 Å². The van der Waals surface area contributed by atoms with E-state index in [9.17, 15) is 0 Å². The standard InChI is InChI=1S/C54H53N5O2.Pt/c1-31-21-47(56-28-32(31)2)59-44-24-35(19-20-43(44)58-42-17-13-12-16-40(42)57-50(58)59)60-46-23-33(22-37-36-15-11-14-18-45(36)61-48(37)46)41-25-38-39(29-55-41)54(9,10)49(53(38,7)8)34-26-51(3,4)30-52(5,6)27-34;/h11-22,25,28-29,34,49H,26-27,30H2,1-10H3;/q-2;+2. The Balaban J connectivity index is 0.00000458. The summed E-state index contributed by atoms with van der Waals surface area (Å²) in [6, 6.07) is 34.4. The Morgan fingerprint density at radius 2 is 1.45 bits per heavy atom.